The smallest absolute Gasteiger partial charge is 0.241 e. The monoisotopic (exact) mass is 295 g/mol. The third-order valence-corrected chi connectivity index (χ3v) is 3.08. The van der Waals surface area contributed by atoms with Crippen molar-refractivity contribution in [3.63, 3.8) is 0 Å². The van der Waals surface area contributed by atoms with Crippen LogP contribution < -0.4 is 5.32 Å². The van der Waals surface area contributed by atoms with Gasteiger partial charge in [0, 0.05) is 25.0 Å². The van der Waals surface area contributed by atoms with Crippen molar-refractivity contribution in [2.24, 2.45) is 0 Å². The minimum absolute atomic E-state index is 0.0327. The molecule has 0 aliphatic heterocycles. The summed E-state index contributed by atoms with van der Waals surface area (Å²) in [7, 11) is 0. The van der Waals surface area contributed by atoms with E-state index in [9.17, 15) is 4.79 Å². The number of carbonyl (C=O) groups is 1. The van der Waals surface area contributed by atoms with Gasteiger partial charge < -0.3 is 5.32 Å². The maximum atomic E-state index is 11.8. The molecule has 20 heavy (non-hydrogen) atoms. The Morgan fingerprint density at radius 1 is 1.45 bits per heavy atom. The zero-order chi connectivity index (χ0) is 14.5. The Morgan fingerprint density at radius 3 is 2.85 bits per heavy atom. The highest BCUT2D eigenvalue weighted by Crippen LogP contribution is 2.04. The number of amides is 1. The molecule has 2 aromatic heterocycles. The summed E-state index contributed by atoms with van der Waals surface area (Å²) in [5.41, 5.74) is 1.91. The first kappa shape index (κ1) is 14.6. The normalized spacial score (nSPS) is 10.8. The maximum Gasteiger partial charge on any atom is 0.241 e. The summed E-state index contributed by atoms with van der Waals surface area (Å²) >= 11 is 5.77. The average Bonchev–Trinajstić information content (AvgIpc) is 2.92. The number of aromatic nitrogens is 4. The molecule has 0 aromatic carbocycles. The molecule has 0 radical (unpaired) electrons. The molecule has 0 bridgehead atoms. The van der Waals surface area contributed by atoms with Crippen molar-refractivity contribution in [3.8, 4) is 0 Å². The largest absolute Gasteiger partial charge is 0.354 e. The number of hydrogen-bond acceptors (Lipinski definition) is 3. The third kappa shape index (κ3) is 4.09. The van der Waals surface area contributed by atoms with Crippen LogP contribution in [0.2, 0.25) is 5.02 Å². The molecule has 0 saturated carbocycles. The van der Waals surface area contributed by atoms with Crippen LogP contribution in [-0.2, 0) is 17.9 Å². The van der Waals surface area contributed by atoms with E-state index in [0.29, 0.717) is 11.6 Å². The van der Waals surface area contributed by atoms with E-state index in [1.165, 1.54) is 0 Å². The van der Waals surface area contributed by atoms with Crippen LogP contribution in [0.4, 0.5) is 0 Å². The van der Waals surface area contributed by atoms with Gasteiger partial charge in [0.25, 0.3) is 0 Å². The van der Waals surface area contributed by atoms with Crippen molar-refractivity contribution in [1.82, 2.24) is 24.9 Å². The predicted octanol–water partition coefficient (Wildman–Crippen LogP) is 1.56. The van der Waals surface area contributed by atoms with Gasteiger partial charge in [-0.1, -0.05) is 11.6 Å². The van der Waals surface area contributed by atoms with Gasteiger partial charge in [-0.05, 0) is 26.3 Å². The van der Waals surface area contributed by atoms with Gasteiger partial charge in [0.2, 0.25) is 5.91 Å². The van der Waals surface area contributed by atoms with Crippen LogP contribution in [0.5, 0.6) is 0 Å². The predicted molar refractivity (Wildman–Crippen MR) is 76.6 cm³/mol. The highest BCUT2D eigenvalue weighted by atomic mass is 35.5. The molecule has 1 amide bonds. The topological polar surface area (TPSA) is 64.7 Å². The second-order valence-electron chi connectivity index (χ2n) is 4.71. The van der Waals surface area contributed by atoms with Gasteiger partial charge in [0.1, 0.15) is 6.54 Å². The molecule has 0 saturated heterocycles. The maximum absolute atomic E-state index is 11.8. The van der Waals surface area contributed by atoms with Crippen LogP contribution >= 0.6 is 11.6 Å². The first-order valence-corrected chi connectivity index (χ1v) is 6.88. The fraction of sp³-hybridized carbons (Fsp3) is 0.462. The summed E-state index contributed by atoms with van der Waals surface area (Å²) in [5.74, 6) is -0.0327. The van der Waals surface area contributed by atoms with Crippen molar-refractivity contribution in [1.29, 1.82) is 0 Å². The van der Waals surface area contributed by atoms with E-state index in [1.54, 1.807) is 21.8 Å². The van der Waals surface area contributed by atoms with Crippen molar-refractivity contribution in [2.75, 3.05) is 6.54 Å². The number of nitrogens with one attached hydrogen (secondary N) is 1. The standard InChI is InChI=1S/C13H18ClN5O/c1-10-6-11(2)19(17-10)9-13(20)15-4-3-5-18-8-12(14)7-16-18/h6-8H,3-5,9H2,1-2H3,(H,15,20). The highest BCUT2D eigenvalue weighted by molar-refractivity contribution is 6.30. The molecular formula is C13H18ClN5O. The van der Waals surface area contributed by atoms with Crippen LogP contribution in [0.3, 0.4) is 0 Å². The Balaban J connectivity index is 1.69. The molecule has 0 aliphatic carbocycles. The summed E-state index contributed by atoms with van der Waals surface area (Å²) in [6.45, 7) is 5.45. The van der Waals surface area contributed by atoms with E-state index in [1.807, 2.05) is 19.9 Å². The Bertz CT molecular complexity index is 589. The minimum atomic E-state index is -0.0327. The van der Waals surface area contributed by atoms with Crippen LogP contribution in [0.25, 0.3) is 0 Å². The van der Waals surface area contributed by atoms with Gasteiger partial charge in [0.15, 0.2) is 0 Å². The molecular weight excluding hydrogens is 278 g/mol. The summed E-state index contributed by atoms with van der Waals surface area (Å²) in [6, 6.07) is 1.95. The van der Waals surface area contributed by atoms with Crippen molar-refractivity contribution in [2.45, 2.75) is 33.4 Å². The Labute approximate surface area is 122 Å². The zero-order valence-electron chi connectivity index (χ0n) is 11.6. The molecule has 0 aliphatic rings. The van der Waals surface area contributed by atoms with E-state index in [-0.39, 0.29) is 12.5 Å². The summed E-state index contributed by atoms with van der Waals surface area (Å²) < 4.78 is 3.47. The fourth-order valence-corrected chi connectivity index (χ4v) is 2.11. The van der Waals surface area contributed by atoms with Gasteiger partial charge in [-0.2, -0.15) is 10.2 Å². The molecule has 0 fully saturated rings. The number of hydrogen-bond donors (Lipinski definition) is 1. The molecule has 2 heterocycles. The van der Waals surface area contributed by atoms with Crippen molar-refractivity contribution >= 4 is 17.5 Å². The Hall–Kier alpha value is -1.82. The third-order valence-electron chi connectivity index (χ3n) is 2.88. The molecule has 7 heteroatoms. The second kappa shape index (κ2) is 6.56. The van der Waals surface area contributed by atoms with Crippen molar-refractivity contribution < 1.29 is 4.79 Å². The molecule has 0 atom stereocenters. The fourth-order valence-electron chi connectivity index (χ4n) is 1.96. The van der Waals surface area contributed by atoms with Crippen LogP contribution in [0, 0.1) is 13.8 Å². The van der Waals surface area contributed by atoms with E-state index in [2.05, 4.69) is 15.5 Å². The first-order chi connectivity index (χ1) is 9.54. The first-order valence-electron chi connectivity index (χ1n) is 6.50. The van der Waals surface area contributed by atoms with E-state index in [4.69, 9.17) is 11.6 Å². The lowest BCUT2D eigenvalue weighted by Crippen LogP contribution is -2.29. The van der Waals surface area contributed by atoms with Crippen LogP contribution in [0.1, 0.15) is 17.8 Å². The van der Waals surface area contributed by atoms with Gasteiger partial charge in [-0.3, -0.25) is 14.2 Å². The molecule has 2 aromatic rings. The second-order valence-corrected chi connectivity index (χ2v) is 5.15. The minimum Gasteiger partial charge on any atom is -0.354 e. The van der Waals surface area contributed by atoms with Gasteiger partial charge in [-0.15, -0.1) is 0 Å². The van der Waals surface area contributed by atoms with E-state index < -0.39 is 0 Å². The van der Waals surface area contributed by atoms with Crippen LogP contribution in [0.15, 0.2) is 18.5 Å². The Kier molecular flexibility index (Phi) is 4.79. The lowest BCUT2D eigenvalue weighted by molar-refractivity contribution is -0.121. The number of aryl methyl sites for hydroxylation is 3. The summed E-state index contributed by atoms with van der Waals surface area (Å²) in [6.07, 6.45) is 4.17. The molecule has 2 rings (SSSR count). The molecule has 0 unspecified atom stereocenters. The summed E-state index contributed by atoms with van der Waals surface area (Å²) in [4.78, 5) is 11.8. The Morgan fingerprint density at radius 2 is 2.25 bits per heavy atom. The molecule has 1 N–H and O–H groups in total. The number of rotatable bonds is 6. The van der Waals surface area contributed by atoms with Gasteiger partial charge in [0.05, 0.1) is 16.9 Å². The van der Waals surface area contributed by atoms with Gasteiger partial charge in [-0.25, -0.2) is 0 Å². The van der Waals surface area contributed by atoms with E-state index in [0.717, 1.165) is 24.4 Å². The quantitative estimate of drug-likeness (QED) is 0.823. The van der Waals surface area contributed by atoms with E-state index >= 15 is 0 Å². The van der Waals surface area contributed by atoms with Crippen molar-refractivity contribution in [3.05, 3.63) is 34.9 Å². The molecule has 0 spiro atoms. The highest BCUT2D eigenvalue weighted by Gasteiger charge is 2.06. The van der Waals surface area contributed by atoms with Crippen LogP contribution in [-0.4, -0.2) is 32.0 Å². The molecule has 6 nitrogen and oxygen atoms in total. The molecule has 108 valence electrons. The number of nitrogens with zero attached hydrogens (tertiary/aromatic N) is 4. The zero-order valence-corrected chi connectivity index (χ0v) is 12.4. The average molecular weight is 296 g/mol. The number of halogens is 1. The lowest BCUT2D eigenvalue weighted by atomic mass is 10.4. The number of carbonyl (C=O) groups excluding carboxylic acids is 1. The van der Waals surface area contributed by atoms with Gasteiger partial charge >= 0.3 is 0 Å². The SMILES string of the molecule is Cc1cc(C)n(CC(=O)NCCCn2cc(Cl)cn2)n1. The lowest BCUT2D eigenvalue weighted by Gasteiger charge is -2.07. The summed E-state index contributed by atoms with van der Waals surface area (Å²) in [5, 5.41) is 11.8.